The lowest BCUT2D eigenvalue weighted by Crippen LogP contribution is -1.97. The molecule has 200 valence electrons. The standard InChI is InChI=1S/C34H42N2O2/c1-3-5-7-9-11-13-27-14-16-31(17-15-27)34-35-33(36-38-34)30-20-18-28(19-21-30)29-22-24-32(25-23-29)37-26-12-10-8-6-4-2/h14-25H,3-13,26H2,1-2H3. The summed E-state index contributed by atoms with van der Waals surface area (Å²) >= 11 is 0. The van der Waals surface area contributed by atoms with Crippen LogP contribution < -0.4 is 4.74 Å². The van der Waals surface area contributed by atoms with Gasteiger partial charge in [0.05, 0.1) is 6.61 Å². The highest BCUT2D eigenvalue weighted by atomic mass is 16.5. The summed E-state index contributed by atoms with van der Waals surface area (Å²) in [5.74, 6) is 2.09. The number of hydrogen-bond acceptors (Lipinski definition) is 4. The number of benzene rings is 3. The molecule has 0 bridgehead atoms. The van der Waals surface area contributed by atoms with Crippen LogP contribution in [0.15, 0.2) is 77.3 Å². The Morgan fingerprint density at radius 3 is 1.79 bits per heavy atom. The maximum absolute atomic E-state index is 5.90. The molecule has 3 aromatic carbocycles. The van der Waals surface area contributed by atoms with Crippen molar-refractivity contribution in [1.29, 1.82) is 0 Å². The van der Waals surface area contributed by atoms with Crippen molar-refractivity contribution in [3.63, 3.8) is 0 Å². The van der Waals surface area contributed by atoms with Gasteiger partial charge in [-0.1, -0.05) is 119 Å². The fraction of sp³-hybridized carbons (Fsp3) is 0.412. The summed E-state index contributed by atoms with van der Waals surface area (Å²) in [5, 5.41) is 4.23. The fourth-order valence-corrected chi connectivity index (χ4v) is 4.66. The van der Waals surface area contributed by atoms with Gasteiger partial charge in [-0.2, -0.15) is 4.98 Å². The van der Waals surface area contributed by atoms with E-state index in [-0.39, 0.29) is 0 Å². The van der Waals surface area contributed by atoms with Gasteiger partial charge >= 0.3 is 0 Å². The summed E-state index contributed by atoms with van der Waals surface area (Å²) in [6, 6.07) is 25.2. The van der Waals surface area contributed by atoms with Crippen LogP contribution >= 0.6 is 0 Å². The summed E-state index contributed by atoms with van der Waals surface area (Å²) in [6.07, 6.45) is 13.9. The molecule has 0 fully saturated rings. The molecule has 0 unspecified atom stereocenters. The van der Waals surface area contributed by atoms with Crippen LogP contribution in [0.5, 0.6) is 5.75 Å². The Bertz CT molecular complexity index is 1190. The van der Waals surface area contributed by atoms with Crippen molar-refractivity contribution in [2.45, 2.75) is 84.5 Å². The Kier molecular flexibility index (Phi) is 11.0. The summed E-state index contributed by atoms with van der Waals surface area (Å²) in [4.78, 5) is 4.65. The van der Waals surface area contributed by atoms with Gasteiger partial charge in [-0.3, -0.25) is 0 Å². The Morgan fingerprint density at radius 1 is 0.579 bits per heavy atom. The second-order valence-electron chi connectivity index (χ2n) is 10.1. The number of rotatable bonds is 16. The van der Waals surface area contributed by atoms with Crippen LogP contribution in [0.4, 0.5) is 0 Å². The average molecular weight is 511 g/mol. The molecule has 0 aliphatic heterocycles. The Labute approximate surface area is 228 Å². The number of unbranched alkanes of at least 4 members (excludes halogenated alkanes) is 8. The monoisotopic (exact) mass is 510 g/mol. The molecule has 0 radical (unpaired) electrons. The molecule has 0 aliphatic carbocycles. The predicted molar refractivity (Wildman–Crippen MR) is 157 cm³/mol. The van der Waals surface area contributed by atoms with E-state index < -0.39 is 0 Å². The molecule has 0 saturated carbocycles. The molecule has 1 aromatic heterocycles. The molecular weight excluding hydrogens is 468 g/mol. The van der Waals surface area contributed by atoms with E-state index in [9.17, 15) is 0 Å². The fourth-order valence-electron chi connectivity index (χ4n) is 4.66. The highest BCUT2D eigenvalue weighted by molar-refractivity contribution is 5.68. The summed E-state index contributed by atoms with van der Waals surface area (Å²) < 4.78 is 11.5. The second-order valence-corrected chi connectivity index (χ2v) is 10.1. The zero-order valence-corrected chi connectivity index (χ0v) is 23.1. The lowest BCUT2D eigenvalue weighted by molar-refractivity contribution is 0.304. The molecule has 4 rings (SSSR count). The largest absolute Gasteiger partial charge is 0.494 e. The highest BCUT2D eigenvalue weighted by Gasteiger charge is 2.11. The maximum Gasteiger partial charge on any atom is 0.258 e. The second kappa shape index (κ2) is 15.1. The number of ether oxygens (including phenoxy) is 1. The van der Waals surface area contributed by atoms with Gasteiger partial charge in [0.15, 0.2) is 0 Å². The van der Waals surface area contributed by atoms with Gasteiger partial charge in [0.1, 0.15) is 5.75 Å². The lowest BCUT2D eigenvalue weighted by Gasteiger charge is -2.08. The zero-order valence-electron chi connectivity index (χ0n) is 23.1. The van der Waals surface area contributed by atoms with E-state index in [1.54, 1.807) is 0 Å². The van der Waals surface area contributed by atoms with Crippen LogP contribution in [0, 0.1) is 0 Å². The topological polar surface area (TPSA) is 48.2 Å². The van der Waals surface area contributed by atoms with E-state index in [1.165, 1.54) is 63.4 Å². The lowest BCUT2D eigenvalue weighted by atomic mass is 10.0. The molecule has 0 spiro atoms. The number of hydrogen-bond donors (Lipinski definition) is 0. The Balaban J connectivity index is 1.29. The molecule has 4 heteroatoms. The third-order valence-corrected chi connectivity index (χ3v) is 7.04. The highest BCUT2D eigenvalue weighted by Crippen LogP contribution is 2.27. The van der Waals surface area contributed by atoms with E-state index in [2.05, 4.69) is 84.7 Å². The van der Waals surface area contributed by atoms with Crippen LogP contribution in [0.3, 0.4) is 0 Å². The van der Waals surface area contributed by atoms with E-state index in [0.717, 1.165) is 47.5 Å². The van der Waals surface area contributed by atoms with E-state index in [0.29, 0.717) is 11.7 Å². The van der Waals surface area contributed by atoms with Crippen LogP contribution in [0.2, 0.25) is 0 Å². The van der Waals surface area contributed by atoms with Crippen molar-refractivity contribution in [1.82, 2.24) is 10.1 Å². The predicted octanol–water partition coefficient (Wildman–Crippen LogP) is 9.93. The smallest absolute Gasteiger partial charge is 0.258 e. The number of aromatic nitrogens is 2. The van der Waals surface area contributed by atoms with E-state index in [1.807, 2.05) is 12.1 Å². The molecule has 0 amide bonds. The Hall–Kier alpha value is -3.40. The minimum absolute atomic E-state index is 0.555. The summed E-state index contributed by atoms with van der Waals surface area (Å²) in [6.45, 7) is 5.28. The third kappa shape index (κ3) is 8.31. The van der Waals surface area contributed by atoms with Crippen molar-refractivity contribution in [3.8, 4) is 39.7 Å². The first-order chi connectivity index (χ1) is 18.8. The minimum atomic E-state index is 0.555. The zero-order chi connectivity index (χ0) is 26.4. The summed E-state index contributed by atoms with van der Waals surface area (Å²) in [7, 11) is 0. The molecule has 0 aliphatic rings. The first-order valence-electron chi connectivity index (χ1n) is 14.5. The quantitative estimate of drug-likeness (QED) is 0.141. The Morgan fingerprint density at radius 2 is 1.13 bits per heavy atom. The van der Waals surface area contributed by atoms with Gasteiger partial charge in [0.2, 0.25) is 5.82 Å². The SMILES string of the molecule is CCCCCCCOc1ccc(-c2ccc(-c3noc(-c4ccc(CCCCCCC)cc4)n3)cc2)cc1. The van der Waals surface area contributed by atoms with Crippen molar-refractivity contribution in [3.05, 3.63) is 78.4 Å². The normalized spacial score (nSPS) is 11.1. The van der Waals surface area contributed by atoms with Crippen LogP contribution in [0.25, 0.3) is 34.0 Å². The van der Waals surface area contributed by atoms with Gasteiger partial charge in [0.25, 0.3) is 5.89 Å². The van der Waals surface area contributed by atoms with Gasteiger partial charge in [0, 0.05) is 11.1 Å². The molecule has 0 N–H and O–H groups in total. The van der Waals surface area contributed by atoms with E-state index >= 15 is 0 Å². The first-order valence-corrected chi connectivity index (χ1v) is 14.5. The number of nitrogens with zero attached hydrogens (tertiary/aromatic N) is 2. The molecular formula is C34H42N2O2. The van der Waals surface area contributed by atoms with Crippen molar-refractivity contribution in [2.24, 2.45) is 0 Å². The van der Waals surface area contributed by atoms with Crippen LogP contribution in [-0.2, 0) is 6.42 Å². The molecule has 4 nitrogen and oxygen atoms in total. The first kappa shape index (κ1) is 27.6. The van der Waals surface area contributed by atoms with Crippen molar-refractivity contribution < 1.29 is 9.26 Å². The van der Waals surface area contributed by atoms with Gasteiger partial charge in [-0.15, -0.1) is 0 Å². The minimum Gasteiger partial charge on any atom is -0.494 e. The van der Waals surface area contributed by atoms with Crippen LogP contribution in [-0.4, -0.2) is 16.7 Å². The average Bonchev–Trinajstić information content (AvgIpc) is 3.46. The van der Waals surface area contributed by atoms with Crippen molar-refractivity contribution in [2.75, 3.05) is 6.61 Å². The maximum atomic E-state index is 5.90. The van der Waals surface area contributed by atoms with E-state index in [4.69, 9.17) is 9.26 Å². The van der Waals surface area contributed by atoms with Gasteiger partial charge < -0.3 is 9.26 Å². The molecule has 1 heterocycles. The molecule has 38 heavy (non-hydrogen) atoms. The van der Waals surface area contributed by atoms with Crippen LogP contribution in [0.1, 0.15) is 83.6 Å². The third-order valence-electron chi connectivity index (χ3n) is 7.04. The molecule has 4 aromatic rings. The van der Waals surface area contributed by atoms with Crippen molar-refractivity contribution >= 4 is 0 Å². The van der Waals surface area contributed by atoms with Gasteiger partial charge in [-0.05, 0) is 60.2 Å². The van der Waals surface area contributed by atoms with Gasteiger partial charge in [-0.25, -0.2) is 0 Å². The number of aryl methyl sites for hydroxylation is 1. The summed E-state index contributed by atoms with van der Waals surface area (Å²) in [5.41, 5.74) is 5.57. The molecule has 0 saturated heterocycles. The molecule has 0 atom stereocenters.